The Labute approximate surface area is 288 Å². The van der Waals surface area contributed by atoms with Crippen molar-refractivity contribution in [2.24, 2.45) is 0 Å². The summed E-state index contributed by atoms with van der Waals surface area (Å²) in [6.07, 6.45) is 0. The molecule has 0 N–H and O–H groups in total. The molecule has 1 heterocycles. The summed E-state index contributed by atoms with van der Waals surface area (Å²) in [5, 5.41) is 0. The van der Waals surface area contributed by atoms with E-state index in [1.807, 2.05) is 12.1 Å². The van der Waals surface area contributed by atoms with E-state index >= 15 is 0 Å². The second-order valence-electron chi connectivity index (χ2n) is 11.2. The lowest BCUT2D eigenvalue weighted by Crippen LogP contribution is -2.24. The molecule has 0 unspecified atom stereocenters. The largest absolute Gasteiger partial charge is 0.591 e. The van der Waals surface area contributed by atoms with Crippen molar-refractivity contribution in [1.29, 1.82) is 0 Å². The van der Waals surface area contributed by atoms with Gasteiger partial charge in [-0.2, -0.15) is 0 Å². The molecule has 0 aliphatic carbocycles. The smallest absolute Gasteiger partial charge is 0.523 e. The molecule has 0 amide bonds. The first-order chi connectivity index (χ1) is 24.4. The van der Waals surface area contributed by atoms with Gasteiger partial charge in [0.05, 0.1) is 11.1 Å². The van der Waals surface area contributed by atoms with Crippen LogP contribution in [0.1, 0.15) is 63.7 Å². The van der Waals surface area contributed by atoms with E-state index in [0.29, 0.717) is 22.3 Å². The van der Waals surface area contributed by atoms with E-state index < -0.39 is 53.2 Å². The van der Waals surface area contributed by atoms with Crippen molar-refractivity contribution in [3.63, 3.8) is 0 Å². The highest BCUT2D eigenvalue weighted by Gasteiger charge is 2.45. The Bertz CT molecular complexity index is 1840. The maximum absolute atomic E-state index is 14.2. The zero-order valence-corrected chi connectivity index (χ0v) is 27.0. The van der Waals surface area contributed by atoms with Crippen molar-refractivity contribution >= 4 is 31.0 Å². The summed E-state index contributed by atoms with van der Waals surface area (Å²) < 4.78 is 34.4. The molecular weight excluding hydrogens is 639 g/mol. The number of ether oxygens (including phenoxy) is 4. The van der Waals surface area contributed by atoms with Crippen LogP contribution in [-0.2, 0) is 45.4 Å². The van der Waals surface area contributed by atoms with E-state index in [4.69, 9.17) is 28.3 Å². The second kappa shape index (κ2) is 15.7. The third kappa shape index (κ3) is 7.85. The summed E-state index contributed by atoms with van der Waals surface area (Å²) in [7, 11) is -1.02. The summed E-state index contributed by atoms with van der Waals surface area (Å²) >= 11 is 0. The summed E-state index contributed by atoms with van der Waals surface area (Å²) in [5.41, 5.74) is 0.535. The predicted molar refractivity (Wildman–Crippen MR) is 182 cm³/mol. The maximum Gasteiger partial charge on any atom is 0.591 e. The van der Waals surface area contributed by atoms with Gasteiger partial charge in [-0.25, -0.2) is 19.2 Å². The Morgan fingerprint density at radius 3 is 0.920 bits per heavy atom. The van der Waals surface area contributed by atoms with Crippen LogP contribution in [0.2, 0.25) is 6.82 Å². The van der Waals surface area contributed by atoms with Crippen LogP contribution < -0.4 is 9.31 Å². The third-order valence-electron chi connectivity index (χ3n) is 7.65. The van der Waals surface area contributed by atoms with Crippen LogP contribution in [0, 0.1) is 0 Å². The van der Waals surface area contributed by atoms with Crippen LogP contribution in [0.3, 0.4) is 0 Å². The van der Waals surface area contributed by atoms with Gasteiger partial charge < -0.3 is 28.3 Å². The first-order valence-corrected chi connectivity index (χ1v) is 15.8. The van der Waals surface area contributed by atoms with E-state index in [1.165, 1.54) is 6.82 Å². The monoisotopic (exact) mass is 670 g/mol. The topological polar surface area (TPSA) is 124 Å². The minimum absolute atomic E-state index is 0.169. The molecule has 0 aromatic heterocycles. The molecule has 1 aliphatic heterocycles. The van der Waals surface area contributed by atoms with Crippen LogP contribution in [0.5, 0.6) is 11.5 Å². The highest BCUT2D eigenvalue weighted by atomic mass is 16.6. The maximum atomic E-state index is 14.2. The van der Waals surface area contributed by atoms with Gasteiger partial charge in [-0.3, -0.25) is 0 Å². The number of hydrogen-bond acceptors (Lipinski definition) is 10. The number of esters is 4. The van der Waals surface area contributed by atoms with Gasteiger partial charge in [-0.05, 0) is 29.1 Å². The zero-order valence-electron chi connectivity index (χ0n) is 27.0. The third-order valence-corrected chi connectivity index (χ3v) is 7.65. The molecule has 6 rings (SSSR count). The van der Waals surface area contributed by atoms with Crippen LogP contribution in [0.4, 0.5) is 0 Å². The normalized spacial score (nSPS) is 11.4. The standard InChI is InChI=1S/C39H31BO10/c1-40-49-34-32(38(43)47-24-28-18-10-4-11-19-28)30(36(41)45-22-26-14-6-2-7-15-26)31(37(42)46-23-27-16-8-3-9-17-27)33(35(34)50-40)39(44)48-25-29-20-12-5-13-21-29/h2-21H,22-25H2,1H3. The quantitative estimate of drug-likeness (QED) is 0.0779. The lowest BCUT2D eigenvalue weighted by molar-refractivity contribution is 0.0388. The van der Waals surface area contributed by atoms with E-state index in [-0.39, 0.29) is 37.9 Å². The summed E-state index contributed by atoms with van der Waals surface area (Å²) in [4.78, 5) is 56.3. The van der Waals surface area contributed by atoms with Crippen molar-refractivity contribution in [3.8, 4) is 11.5 Å². The molecule has 250 valence electrons. The Kier molecular flexibility index (Phi) is 10.5. The lowest BCUT2D eigenvalue weighted by atomic mass is 9.93. The van der Waals surface area contributed by atoms with Gasteiger partial charge in [-0.1, -0.05) is 121 Å². The van der Waals surface area contributed by atoms with Crippen LogP contribution >= 0.6 is 0 Å². The van der Waals surface area contributed by atoms with Crippen molar-refractivity contribution in [2.75, 3.05) is 0 Å². The Hall–Kier alpha value is -6.36. The van der Waals surface area contributed by atoms with Crippen molar-refractivity contribution < 1.29 is 47.4 Å². The molecule has 5 aromatic rings. The first-order valence-electron chi connectivity index (χ1n) is 15.8. The van der Waals surface area contributed by atoms with Gasteiger partial charge in [-0.15, -0.1) is 0 Å². The van der Waals surface area contributed by atoms with E-state index in [2.05, 4.69) is 0 Å². The molecule has 5 aromatic carbocycles. The van der Waals surface area contributed by atoms with Gasteiger partial charge in [0.1, 0.15) is 37.6 Å². The van der Waals surface area contributed by atoms with E-state index in [0.717, 1.165) is 0 Å². The molecule has 0 radical (unpaired) electrons. The Morgan fingerprint density at radius 2 is 0.660 bits per heavy atom. The van der Waals surface area contributed by atoms with Crippen LogP contribution in [0.15, 0.2) is 121 Å². The molecule has 0 atom stereocenters. The van der Waals surface area contributed by atoms with Gasteiger partial charge in [0.15, 0.2) is 11.5 Å². The average Bonchev–Trinajstić information content (AvgIpc) is 3.55. The fraction of sp³-hybridized carbons (Fsp3) is 0.128. The molecular formula is C39H31BO10. The molecule has 1 aliphatic rings. The number of carbonyl (C=O) groups is 4. The summed E-state index contributed by atoms with van der Waals surface area (Å²) in [5.74, 6) is -4.78. The molecule has 50 heavy (non-hydrogen) atoms. The fourth-order valence-corrected chi connectivity index (χ4v) is 5.26. The van der Waals surface area contributed by atoms with Gasteiger partial charge in [0, 0.05) is 0 Å². The number of rotatable bonds is 12. The fourth-order valence-electron chi connectivity index (χ4n) is 5.26. The Balaban J connectivity index is 1.48. The first kappa shape index (κ1) is 33.5. The number of benzene rings is 5. The van der Waals surface area contributed by atoms with Crippen LogP contribution in [-0.4, -0.2) is 31.0 Å². The lowest BCUT2D eigenvalue weighted by Gasteiger charge is -2.20. The van der Waals surface area contributed by atoms with E-state index in [9.17, 15) is 19.2 Å². The average molecular weight is 670 g/mol. The molecule has 0 fully saturated rings. The van der Waals surface area contributed by atoms with Crippen molar-refractivity contribution in [3.05, 3.63) is 166 Å². The second-order valence-corrected chi connectivity index (χ2v) is 11.2. The zero-order chi connectivity index (χ0) is 34.9. The predicted octanol–water partition coefficient (Wildman–Crippen LogP) is 7.00. The van der Waals surface area contributed by atoms with Crippen molar-refractivity contribution in [1.82, 2.24) is 0 Å². The van der Waals surface area contributed by atoms with Gasteiger partial charge >= 0.3 is 31.0 Å². The molecule has 0 saturated heterocycles. The van der Waals surface area contributed by atoms with Gasteiger partial charge in [0.2, 0.25) is 0 Å². The van der Waals surface area contributed by atoms with E-state index in [1.54, 1.807) is 109 Å². The highest BCUT2D eigenvalue weighted by molar-refractivity contribution is 6.46. The number of fused-ring (bicyclic) bond motifs is 1. The summed E-state index contributed by atoms with van der Waals surface area (Å²) in [6, 6.07) is 35.4. The number of carbonyl (C=O) groups excluding carboxylic acids is 4. The van der Waals surface area contributed by atoms with Gasteiger partial charge in [0.25, 0.3) is 0 Å². The highest BCUT2D eigenvalue weighted by Crippen LogP contribution is 2.46. The molecule has 0 saturated carbocycles. The Morgan fingerprint density at radius 1 is 0.420 bits per heavy atom. The molecule has 0 spiro atoms. The minimum atomic E-state index is -1.10. The van der Waals surface area contributed by atoms with Crippen molar-refractivity contribution in [2.45, 2.75) is 33.3 Å². The number of hydrogen-bond donors (Lipinski definition) is 0. The molecule has 11 heteroatoms. The molecule has 0 bridgehead atoms. The van der Waals surface area contributed by atoms with Crippen LogP contribution in [0.25, 0.3) is 0 Å². The SMILES string of the molecule is CB1Oc2c(c(C(=O)OCc3ccccc3)c(C(=O)OCc3ccccc3)c(C(=O)OCc3ccccc3)c2C(=O)OCc2ccccc2)O1. The minimum Gasteiger partial charge on any atom is -0.523 e. The summed E-state index contributed by atoms with van der Waals surface area (Å²) in [6.45, 7) is 0.764. The molecule has 10 nitrogen and oxygen atoms in total.